The number of benzene rings is 2. The predicted octanol–water partition coefficient (Wildman–Crippen LogP) is 5.29. The summed E-state index contributed by atoms with van der Waals surface area (Å²) in [6, 6.07) is 16.5. The molecule has 174 valence electrons. The van der Waals surface area contributed by atoms with Gasteiger partial charge in [-0.25, -0.2) is 9.18 Å². The lowest BCUT2D eigenvalue weighted by Gasteiger charge is -2.28. The Morgan fingerprint density at radius 2 is 1.79 bits per heavy atom. The molecule has 0 atom stereocenters. The van der Waals surface area contributed by atoms with E-state index in [9.17, 15) is 14.0 Å². The van der Waals surface area contributed by atoms with Gasteiger partial charge in [0.15, 0.2) is 0 Å². The molecule has 1 aliphatic rings. The van der Waals surface area contributed by atoms with Gasteiger partial charge < -0.3 is 15.1 Å². The maximum Gasteiger partial charge on any atom is 0.322 e. The number of hydrogen-bond acceptors (Lipinski definition) is 4. The van der Waals surface area contributed by atoms with Gasteiger partial charge in [-0.1, -0.05) is 12.1 Å². The number of carbonyl (C=O) groups excluding carboxylic acids is 2. The fourth-order valence-corrected chi connectivity index (χ4v) is 4.52. The van der Waals surface area contributed by atoms with Gasteiger partial charge in [0, 0.05) is 23.2 Å². The zero-order valence-electron chi connectivity index (χ0n) is 18.8. The van der Waals surface area contributed by atoms with Crippen LogP contribution in [0.5, 0.6) is 0 Å². The molecule has 2 aromatic carbocycles. The van der Waals surface area contributed by atoms with E-state index in [1.807, 2.05) is 24.4 Å². The summed E-state index contributed by atoms with van der Waals surface area (Å²) in [5.74, 6) is -0.492. The largest absolute Gasteiger partial charge is 0.332 e. The van der Waals surface area contributed by atoms with Gasteiger partial charge in [-0.3, -0.25) is 4.79 Å². The van der Waals surface area contributed by atoms with Crippen molar-refractivity contribution in [3.8, 4) is 6.07 Å². The number of nitriles is 1. The van der Waals surface area contributed by atoms with Crippen LogP contribution < -0.4 is 5.32 Å². The molecule has 1 aromatic heterocycles. The Morgan fingerprint density at radius 3 is 2.38 bits per heavy atom. The normalized spacial score (nSPS) is 12.6. The van der Waals surface area contributed by atoms with Crippen molar-refractivity contribution in [2.24, 2.45) is 0 Å². The van der Waals surface area contributed by atoms with E-state index in [1.54, 1.807) is 57.5 Å². The van der Waals surface area contributed by atoms with Gasteiger partial charge in [0.05, 0.1) is 18.2 Å². The van der Waals surface area contributed by atoms with Crippen LogP contribution in [0.4, 0.5) is 14.9 Å². The van der Waals surface area contributed by atoms with Crippen LogP contribution in [0.15, 0.2) is 60.0 Å². The Hall–Kier alpha value is -3.70. The highest BCUT2D eigenvalue weighted by Crippen LogP contribution is 2.28. The molecule has 3 aromatic rings. The van der Waals surface area contributed by atoms with Crippen molar-refractivity contribution in [3.63, 3.8) is 0 Å². The number of anilines is 1. The van der Waals surface area contributed by atoms with Crippen LogP contribution in [0.2, 0.25) is 0 Å². The molecular formula is C26H25FN4O2S. The average Bonchev–Trinajstić information content (AvgIpc) is 3.60. The van der Waals surface area contributed by atoms with E-state index in [2.05, 4.69) is 5.32 Å². The molecule has 8 heteroatoms. The molecule has 3 amide bonds. The third-order valence-corrected chi connectivity index (χ3v) is 6.77. The maximum atomic E-state index is 13.4. The smallest absolute Gasteiger partial charge is 0.322 e. The number of nitrogens with one attached hydrogen (secondary N) is 1. The molecule has 0 aliphatic heterocycles. The summed E-state index contributed by atoms with van der Waals surface area (Å²) in [4.78, 5) is 30.8. The third kappa shape index (κ3) is 6.00. The molecule has 1 heterocycles. The third-order valence-electron chi connectivity index (χ3n) is 5.76. The van der Waals surface area contributed by atoms with Crippen LogP contribution in [0, 0.1) is 24.1 Å². The van der Waals surface area contributed by atoms with Crippen LogP contribution in [0.25, 0.3) is 0 Å². The minimum atomic E-state index is -0.338. The number of halogens is 1. The first-order valence-electron chi connectivity index (χ1n) is 11.1. The van der Waals surface area contributed by atoms with Crippen molar-refractivity contribution in [2.45, 2.75) is 38.9 Å². The van der Waals surface area contributed by atoms with Gasteiger partial charge in [-0.15, -0.1) is 11.3 Å². The molecule has 0 radical (unpaired) electrons. The van der Waals surface area contributed by atoms with Crippen molar-refractivity contribution in [2.75, 3.05) is 11.9 Å². The Balaban J connectivity index is 1.49. The molecule has 4 rings (SSSR count). The maximum absolute atomic E-state index is 13.4. The highest BCUT2D eigenvalue weighted by Gasteiger charge is 2.35. The van der Waals surface area contributed by atoms with E-state index in [0.717, 1.165) is 28.8 Å². The summed E-state index contributed by atoms with van der Waals surface area (Å²) in [6.45, 7) is 2.72. The lowest BCUT2D eigenvalue weighted by atomic mass is 10.2. The van der Waals surface area contributed by atoms with Crippen molar-refractivity contribution in [1.29, 1.82) is 5.26 Å². The number of hydrogen-bond donors (Lipinski definition) is 1. The van der Waals surface area contributed by atoms with Crippen molar-refractivity contribution in [1.82, 2.24) is 9.80 Å². The van der Waals surface area contributed by atoms with Gasteiger partial charge in [0.25, 0.3) is 0 Å². The molecule has 1 fully saturated rings. The summed E-state index contributed by atoms with van der Waals surface area (Å²) < 4.78 is 13.4. The van der Waals surface area contributed by atoms with Crippen molar-refractivity contribution in [3.05, 3.63) is 87.4 Å². The summed E-state index contributed by atoms with van der Waals surface area (Å²) in [5.41, 5.74) is 3.01. The van der Waals surface area contributed by atoms with E-state index in [0.29, 0.717) is 24.3 Å². The standard InChI is InChI=1S/C26H25FN4O2S/c1-18-12-13-34-24(18)16-30(15-20-2-6-21(27)7-3-20)25(32)17-31(23-10-11-23)26(33)29-22-8-4-19(14-28)5-9-22/h2-9,12-13,23H,10-11,15-17H2,1H3,(H,29,33). The highest BCUT2D eigenvalue weighted by molar-refractivity contribution is 7.10. The summed E-state index contributed by atoms with van der Waals surface area (Å²) in [5, 5.41) is 13.8. The van der Waals surface area contributed by atoms with E-state index >= 15 is 0 Å². The van der Waals surface area contributed by atoms with Crippen LogP contribution in [-0.4, -0.2) is 34.3 Å². The Morgan fingerprint density at radius 1 is 1.09 bits per heavy atom. The first kappa shape index (κ1) is 23.5. The van der Waals surface area contributed by atoms with Gasteiger partial charge >= 0.3 is 6.03 Å². The quantitative estimate of drug-likeness (QED) is 0.480. The van der Waals surface area contributed by atoms with E-state index in [4.69, 9.17) is 5.26 Å². The Kier molecular flexibility index (Phi) is 7.24. The van der Waals surface area contributed by atoms with Crippen molar-refractivity contribution < 1.29 is 14.0 Å². The predicted molar refractivity (Wildman–Crippen MR) is 130 cm³/mol. The number of carbonyl (C=O) groups is 2. The minimum absolute atomic E-state index is 0.0264. The SMILES string of the molecule is Cc1ccsc1CN(Cc1ccc(F)cc1)C(=O)CN(C(=O)Nc1ccc(C#N)cc1)C1CC1. The van der Waals surface area contributed by atoms with E-state index in [1.165, 1.54) is 12.1 Å². The number of aryl methyl sites for hydroxylation is 1. The lowest BCUT2D eigenvalue weighted by Crippen LogP contribution is -2.45. The molecule has 1 saturated carbocycles. The number of thiophene rings is 1. The average molecular weight is 477 g/mol. The van der Waals surface area contributed by atoms with Gasteiger partial charge in [0.1, 0.15) is 12.4 Å². The number of amides is 3. The molecule has 0 unspecified atom stereocenters. The zero-order chi connectivity index (χ0) is 24.1. The number of rotatable bonds is 8. The van der Waals surface area contributed by atoms with Crippen molar-refractivity contribution >= 4 is 29.0 Å². The molecule has 6 nitrogen and oxygen atoms in total. The molecular weight excluding hydrogens is 451 g/mol. The van der Waals surface area contributed by atoms with Crippen LogP contribution in [-0.2, 0) is 17.9 Å². The molecule has 0 saturated heterocycles. The number of urea groups is 1. The van der Waals surface area contributed by atoms with Gasteiger partial charge in [-0.2, -0.15) is 5.26 Å². The molecule has 34 heavy (non-hydrogen) atoms. The fraction of sp³-hybridized carbons (Fsp3) is 0.269. The molecule has 0 spiro atoms. The first-order valence-corrected chi connectivity index (χ1v) is 11.9. The molecule has 1 aliphatic carbocycles. The summed E-state index contributed by atoms with van der Waals surface area (Å²) in [7, 11) is 0. The zero-order valence-corrected chi connectivity index (χ0v) is 19.6. The van der Waals surface area contributed by atoms with Gasteiger partial charge in [0.2, 0.25) is 5.91 Å². The summed E-state index contributed by atoms with van der Waals surface area (Å²) >= 11 is 1.59. The topological polar surface area (TPSA) is 76.4 Å². The second-order valence-corrected chi connectivity index (χ2v) is 9.38. The second-order valence-electron chi connectivity index (χ2n) is 8.38. The van der Waals surface area contributed by atoms with Crippen LogP contribution >= 0.6 is 11.3 Å². The molecule has 0 bridgehead atoms. The van der Waals surface area contributed by atoms with E-state index < -0.39 is 0 Å². The second kappa shape index (κ2) is 10.5. The highest BCUT2D eigenvalue weighted by atomic mass is 32.1. The van der Waals surface area contributed by atoms with E-state index in [-0.39, 0.29) is 30.3 Å². The lowest BCUT2D eigenvalue weighted by molar-refractivity contribution is -0.133. The fourth-order valence-electron chi connectivity index (χ4n) is 3.60. The minimum Gasteiger partial charge on any atom is -0.332 e. The van der Waals surface area contributed by atoms with Gasteiger partial charge in [-0.05, 0) is 78.7 Å². The van der Waals surface area contributed by atoms with Crippen LogP contribution in [0.3, 0.4) is 0 Å². The Labute approximate surface area is 202 Å². The Bertz CT molecular complexity index is 1200. The monoisotopic (exact) mass is 476 g/mol. The first-order chi connectivity index (χ1) is 16.4. The molecule has 1 N–H and O–H groups in total. The van der Waals surface area contributed by atoms with Crippen LogP contribution in [0.1, 0.15) is 34.4 Å². The summed E-state index contributed by atoms with van der Waals surface area (Å²) in [6.07, 6.45) is 1.71. The number of nitrogens with zero attached hydrogens (tertiary/aromatic N) is 3.